The Bertz CT molecular complexity index is 779. The van der Waals surface area contributed by atoms with Crippen LogP contribution in [0.3, 0.4) is 0 Å². The fourth-order valence-corrected chi connectivity index (χ4v) is 1.55. The summed E-state index contributed by atoms with van der Waals surface area (Å²) in [4.78, 5) is 2.42. The second-order valence-corrected chi connectivity index (χ2v) is 3.81. The molecule has 0 fully saturated rings. The van der Waals surface area contributed by atoms with Crippen molar-refractivity contribution in [2.45, 2.75) is 0 Å². The zero-order chi connectivity index (χ0) is 15.6. The number of anilines is 2. The zero-order valence-electron chi connectivity index (χ0n) is 10.1. The number of nitriles is 2. The monoisotopic (exact) mass is 292 g/mol. The Balaban J connectivity index is 2.50. The lowest BCUT2D eigenvalue weighted by Gasteiger charge is -2.10. The van der Waals surface area contributed by atoms with Crippen LogP contribution < -0.4 is 5.32 Å². The molecule has 0 bridgehead atoms. The standard InChI is InChI=1S/C13H4F4N4/c14-9-11(10(15)13(17)21-12(9)16)20-8-2-1-6(4-18)7(3-8)5-19/h1-3H,(H,20,21). The third kappa shape index (κ3) is 2.60. The molecule has 0 unspecified atom stereocenters. The molecule has 0 aliphatic rings. The summed E-state index contributed by atoms with van der Waals surface area (Å²) in [6.45, 7) is 0. The van der Waals surface area contributed by atoms with Crippen molar-refractivity contribution in [3.63, 3.8) is 0 Å². The van der Waals surface area contributed by atoms with Gasteiger partial charge in [0.25, 0.3) is 11.9 Å². The first kappa shape index (κ1) is 14.3. The summed E-state index contributed by atoms with van der Waals surface area (Å²) < 4.78 is 52.8. The van der Waals surface area contributed by atoms with E-state index in [4.69, 9.17) is 10.5 Å². The lowest BCUT2D eigenvalue weighted by atomic mass is 10.1. The molecule has 0 aliphatic carbocycles. The summed E-state index contributed by atoms with van der Waals surface area (Å²) in [6, 6.07) is 7.04. The van der Waals surface area contributed by atoms with Gasteiger partial charge in [-0.05, 0) is 18.2 Å². The number of pyridine rings is 1. The van der Waals surface area contributed by atoms with Crippen LogP contribution in [-0.4, -0.2) is 4.98 Å². The third-order valence-electron chi connectivity index (χ3n) is 2.53. The Kier molecular flexibility index (Phi) is 3.72. The van der Waals surface area contributed by atoms with Gasteiger partial charge >= 0.3 is 0 Å². The van der Waals surface area contributed by atoms with E-state index >= 15 is 0 Å². The number of hydrogen-bond acceptors (Lipinski definition) is 4. The minimum Gasteiger partial charge on any atom is -0.350 e. The van der Waals surface area contributed by atoms with Crippen molar-refractivity contribution in [1.29, 1.82) is 10.5 Å². The van der Waals surface area contributed by atoms with E-state index in [0.29, 0.717) is 0 Å². The van der Waals surface area contributed by atoms with E-state index < -0.39 is 29.2 Å². The molecular weight excluding hydrogens is 288 g/mol. The van der Waals surface area contributed by atoms with Crippen LogP contribution in [0.25, 0.3) is 0 Å². The molecule has 1 aromatic carbocycles. The molecule has 1 N–H and O–H groups in total. The highest BCUT2D eigenvalue weighted by atomic mass is 19.2. The average Bonchev–Trinajstić information content (AvgIpc) is 2.49. The molecule has 0 amide bonds. The number of aromatic nitrogens is 1. The van der Waals surface area contributed by atoms with Crippen LogP contribution in [0.2, 0.25) is 0 Å². The normalized spacial score (nSPS) is 9.81. The van der Waals surface area contributed by atoms with E-state index in [2.05, 4.69) is 10.3 Å². The van der Waals surface area contributed by atoms with Crippen LogP contribution in [-0.2, 0) is 0 Å². The summed E-state index contributed by atoms with van der Waals surface area (Å²) >= 11 is 0. The SMILES string of the molecule is N#Cc1ccc(Nc2c(F)c(F)nc(F)c2F)cc1C#N. The van der Waals surface area contributed by atoms with Gasteiger partial charge in [-0.25, -0.2) is 0 Å². The van der Waals surface area contributed by atoms with Crippen molar-refractivity contribution in [3.8, 4) is 12.1 Å². The van der Waals surface area contributed by atoms with Crippen LogP contribution in [0.1, 0.15) is 11.1 Å². The molecule has 1 aromatic heterocycles. The van der Waals surface area contributed by atoms with E-state index in [9.17, 15) is 17.6 Å². The van der Waals surface area contributed by atoms with Gasteiger partial charge in [-0.2, -0.15) is 33.1 Å². The first-order chi connectivity index (χ1) is 9.97. The molecule has 0 saturated heterocycles. The van der Waals surface area contributed by atoms with Crippen LogP contribution in [0.4, 0.5) is 28.9 Å². The molecule has 4 nitrogen and oxygen atoms in total. The fourth-order valence-electron chi connectivity index (χ4n) is 1.55. The van der Waals surface area contributed by atoms with Crippen molar-refractivity contribution in [3.05, 3.63) is 52.9 Å². The van der Waals surface area contributed by atoms with Gasteiger partial charge in [-0.15, -0.1) is 0 Å². The maximum atomic E-state index is 13.4. The van der Waals surface area contributed by atoms with E-state index in [1.165, 1.54) is 12.1 Å². The van der Waals surface area contributed by atoms with E-state index in [0.717, 1.165) is 6.07 Å². The van der Waals surface area contributed by atoms with Crippen molar-refractivity contribution < 1.29 is 17.6 Å². The Morgan fingerprint density at radius 2 is 1.48 bits per heavy atom. The van der Waals surface area contributed by atoms with Crippen LogP contribution in [0, 0.1) is 46.2 Å². The van der Waals surface area contributed by atoms with Gasteiger partial charge in [0.1, 0.15) is 17.8 Å². The van der Waals surface area contributed by atoms with E-state index in [1.54, 1.807) is 12.1 Å². The van der Waals surface area contributed by atoms with Gasteiger partial charge in [-0.1, -0.05) is 0 Å². The molecular formula is C13H4F4N4. The summed E-state index contributed by atoms with van der Waals surface area (Å²) in [5, 5.41) is 19.7. The van der Waals surface area contributed by atoms with Crippen molar-refractivity contribution in [2.75, 3.05) is 5.32 Å². The Morgan fingerprint density at radius 1 is 0.905 bits per heavy atom. The van der Waals surface area contributed by atoms with Gasteiger partial charge in [0.15, 0.2) is 0 Å². The molecule has 0 spiro atoms. The summed E-state index contributed by atoms with van der Waals surface area (Å²) in [6.07, 6.45) is 0. The van der Waals surface area contributed by atoms with Gasteiger partial charge in [0.2, 0.25) is 11.6 Å². The average molecular weight is 292 g/mol. The quantitative estimate of drug-likeness (QED) is 0.681. The Morgan fingerprint density at radius 3 is 2.00 bits per heavy atom. The molecule has 2 rings (SSSR count). The minimum atomic E-state index is -1.80. The highest BCUT2D eigenvalue weighted by Gasteiger charge is 2.21. The largest absolute Gasteiger partial charge is 0.350 e. The number of rotatable bonds is 2. The highest BCUT2D eigenvalue weighted by Crippen LogP contribution is 2.26. The predicted molar refractivity (Wildman–Crippen MR) is 63.2 cm³/mol. The van der Waals surface area contributed by atoms with Crippen LogP contribution in [0.5, 0.6) is 0 Å². The first-order valence-electron chi connectivity index (χ1n) is 5.39. The second-order valence-electron chi connectivity index (χ2n) is 3.81. The maximum Gasteiger partial charge on any atom is 0.253 e. The number of benzene rings is 1. The molecule has 0 radical (unpaired) electrons. The molecule has 21 heavy (non-hydrogen) atoms. The van der Waals surface area contributed by atoms with E-state index in [1.807, 2.05) is 0 Å². The topological polar surface area (TPSA) is 72.5 Å². The maximum absolute atomic E-state index is 13.4. The number of hydrogen-bond donors (Lipinski definition) is 1. The highest BCUT2D eigenvalue weighted by molar-refractivity contribution is 5.64. The third-order valence-corrected chi connectivity index (χ3v) is 2.53. The minimum absolute atomic E-state index is 0.0200. The number of nitrogens with one attached hydrogen (secondary N) is 1. The summed E-state index contributed by atoms with van der Waals surface area (Å²) in [7, 11) is 0. The molecule has 2 aromatic rings. The van der Waals surface area contributed by atoms with Crippen molar-refractivity contribution in [1.82, 2.24) is 4.98 Å². The molecule has 104 valence electrons. The molecule has 8 heteroatoms. The predicted octanol–water partition coefficient (Wildman–Crippen LogP) is 3.12. The molecule has 0 saturated carbocycles. The van der Waals surface area contributed by atoms with Crippen LogP contribution >= 0.6 is 0 Å². The zero-order valence-corrected chi connectivity index (χ0v) is 10.1. The van der Waals surface area contributed by atoms with Gasteiger partial charge in [0.05, 0.1) is 11.1 Å². The number of nitrogens with zero attached hydrogens (tertiary/aromatic N) is 3. The van der Waals surface area contributed by atoms with Crippen molar-refractivity contribution >= 4 is 11.4 Å². The molecule has 0 atom stereocenters. The molecule has 0 aliphatic heterocycles. The van der Waals surface area contributed by atoms with Gasteiger partial charge in [0, 0.05) is 5.69 Å². The smallest absolute Gasteiger partial charge is 0.253 e. The lowest BCUT2D eigenvalue weighted by molar-refractivity contribution is 0.411. The lowest BCUT2D eigenvalue weighted by Crippen LogP contribution is -2.06. The second kappa shape index (κ2) is 5.47. The van der Waals surface area contributed by atoms with Gasteiger partial charge < -0.3 is 5.32 Å². The summed E-state index contributed by atoms with van der Waals surface area (Å²) in [5.74, 6) is -7.00. The number of halogens is 4. The van der Waals surface area contributed by atoms with Gasteiger partial charge in [-0.3, -0.25) is 0 Å². The fraction of sp³-hybridized carbons (Fsp3) is 0. The Hall–Kier alpha value is -3.13. The van der Waals surface area contributed by atoms with E-state index in [-0.39, 0.29) is 16.8 Å². The van der Waals surface area contributed by atoms with Crippen LogP contribution in [0.15, 0.2) is 18.2 Å². The summed E-state index contributed by atoms with van der Waals surface area (Å²) in [5.41, 5.74) is -1.10. The van der Waals surface area contributed by atoms with Crippen molar-refractivity contribution in [2.24, 2.45) is 0 Å². The Labute approximate surface area is 115 Å². The molecule has 1 heterocycles. The first-order valence-corrected chi connectivity index (χ1v) is 5.39.